The fourth-order valence-corrected chi connectivity index (χ4v) is 4.05. The van der Waals surface area contributed by atoms with Crippen LogP contribution in [0, 0.1) is 5.92 Å². The number of nitrogens with one attached hydrogen (secondary N) is 3. The molecule has 1 amide bonds. The minimum Gasteiger partial charge on any atom is -0.345 e. The van der Waals surface area contributed by atoms with Crippen molar-refractivity contribution in [3.8, 4) is 0 Å². The van der Waals surface area contributed by atoms with Crippen LogP contribution >= 0.6 is 0 Å². The normalized spacial score (nSPS) is 28.0. The van der Waals surface area contributed by atoms with Crippen molar-refractivity contribution in [3.05, 3.63) is 30.1 Å². The van der Waals surface area contributed by atoms with E-state index >= 15 is 0 Å². The monoisotopic (exact) mass is 313 g/mol. The molecule has 4 rings (SSSR count). The van der Waals surface area contributed by atoms with Crippen molar-refractivity contribution < 1.29 is 4.79 Å². The third-order valence-corrected chi connectivity index (χ3v) is 5.27. The van der Waals surface area contributed by atoms with Gasteiger partial charge in [0.1, 0.15) is 11.9 Å². The topological polar surface area (TPSA) is 71.0 Å². The summed E-state index contributed by atoms with van der Waals surface area (Å²) in [5, 5.41) is 3.13. The molecule has 1 aromatic carbocycles. The van der Waals surface area contributed by atoms with E-state index in [0.29, 0.717) is 12.0 Å². The highest BCUT2D eigenvalue weighted by Gasteiger charge is 2.42. The highest BCUT2D eigenvalue weighted by molar-refractivity contribution is 5.83. The molecule has 122 valence electrons. The quantitative estimate of drug-likeness (QED) is 0.801. The molecular formula is C17H23N5O. The first-order chi connectivity index (χ1) is 11.1. The van der Waals surface area contributed by atoms with E-state index in [1.165, 1.54) is 6.42 Å². The van der Waals surface area contributed by atoms with Crippen LogP contribution in [0.4, 0.5) is 0 Å². The number of benzene rings is 1. The van der Waals surface area contributed by atoms with Gasteiger partial charge < -0.3 is 9.88 Å². The molecule has 3 N–H and O–H groups in total. The molecule has 1 saturated carbocycles. The van der Waals surface area contributed by atoms with Gasteiger partial charge in [-0.25, -0.2) is 10.4 Å². The summed E-state index contributed by atoms with van der Waals surface area (Å²) in [5.74, 6) is 1.35. The van der Waals surface area contributed by atoms with Crippen molar-refractivity contribution in [3.63, 3.8) is 0 Å². The van der Waals surface area contributed by atoms with Gasteiger partial charge >= 0.3 is 0 Å². The van der Waals surface area contributed by atoms with Gasteiger partial charge in [-0.3, -0.25) is 10.2 Å². The minimum atomic E-state index is -0.139. The second-order valence-electron chi connectivity index (χ2n) is 6.72. The van der Waals surface area contributed by atoms with Crippen molar-refractivity contribution in [1.29, 1.82) is 0 Å². The lowest BCUT2D eigenvalue weighted by Crippen LogP contribution is -2.46. The average molecular weight is 313 g/mol. The van der Waals surface area contributed by atoms with Crippen LogP contribution < -0.4 is 16.2 Å². The van der Waals surface area contributed by atoms with E-state index in [1.54, 1.807) is 0 Å². The van der Waals surface area contributed by atoms with Crippen molar-refractivity contribution in [2.75, 3.05) is 0 Å². The third-order valence-electron chi connectivity index (χ3n) is 5.27. The number of para-hydroxylation sites is 2. The van der Waals surface area contributed by atoms with Gasteiger partial charge in [0.2, 0.25) is 5.91 Å². The fraction of sp³-hybridized carbons (Fsp3) is 0.529. The highest BCUT2D eigenvalue weighted by Crippen LogP contribution is 2.31. The van der Waals surface area contributed by atoms with Gasteiger partial charge in [0, 0.05) is 19.0 Å². The molecule has 23 heavy (non-hydrogen) atoms. The maximum absolute atomic E-state index is 12.6. The molecule has 4 unspecified atom stereocenters. The predicted molar refractivity (Wildman–Crippen MR) is 88.5 cm³/mol. The number of aryl methyl sites for hydroxylation is 1. The molecule has 0 spiro atoms. The summed E-state index contributed by atoms with van der Waals surface area (Å²) in [5.41, 5.74) is 8.48. The van der Waals surface area contributed by atoms with Crippen LogP contribution in [0.25, 0.3) is 11.0 Å². The van der Waals surface area contributed by atoms with E-state index in [4.69, 9.17) is 0 Å². The van der Waals surface area contributed by atoms with E-state index < -0.39 is 0 Å². The third kappa shape index (κ3) is 2.42. The molecular weight excluding hydrogens is 290 g/mol. The Morgan fingerprint density at radius 1 is 1.35 bits per heavy atom. The van der Waals surface area contributed by atoms with Gasteiger partial charge in [0.25, 0.3) is 0 Å². The molecule has 0 bridgehead atoms. The van der Waals surface area contributed by atoms with Crippen LogP contribution in [0.2, 0.25) is 0 Å². The first kappa shape index (κ1) is 14.7. The zero-order chi connectivity index (χ0) is 16.0. The van der Waals surface area contributed by atoms with Crippen molar-refractivity contribution in [2.45, 2.75) is 44.3 Å². The molecule has 0 radical (unpaired) electrons. The number of aromatic nitrogens is 2. The molecule has 2 aliphatic rings. The summed E-state index contributed by atoms with van der Waals surface area (Å²) < 4.78 is 2.05. The van der Waals surface area contributed by atoms with Crippen LogP contribution in [-0.2, 0) is 11.8 Å². The number of hydrogen-bond donors (Lipinski definition) is 3. The summed E-state index contributed by atoms with van der Waals surface area (Å²) in [6, 6.07) is 8.21. The van der Waals surface area contributed by atoms with Crippen molar-refractivity contribution in [1.82, 2.24) is 25.7 Å². The van der Waals surface area contributed by atoms with E-state index in [0.717, 1.165) is 29.7 Å². The van der Waals surface area contributed by atoms with Gasteiger partial charge in [-0.1, -0.05) is 18.6 Å². The summed E-state index contributed by atoms with van der Waals surface area (Å²) in [6.45, 7) is 1.99. The molecule has 6 heteroatoms. The first-order valence-electron chi connectivity index (χ1n) is 8.38. The molecule has 1 aromatic heterocycles. The molecule has 2 fully saturated rings. The van der Waals surface area contributed by atoms with Gasteiger partial charge in [0.15, 0.2) is 0 Å². The number of amides is 1. The average Bonchev–Trinajstić information content (AvgIpc) is 3.21. The van der Waals surface area contributed by atoms with Gasteiger partial charge in [-0.2, -0.15) is 0 Å². The zero-order valence-corrected chi connectivity index (χ0v) is 13.5. The fourth-order valence-electron chi connectivity index (χ4n) is 4.05. The van der Waals surface area contributed by atoms with Crippen LogP contribution in [0.5, 0.6) is 0 Å². The lowest BCUT2D eigenvalue weighted by atomic mass is 9.96. The zero-order valence-electron chi connectivity index (χ0n) is 13.5. The summed E-state index contributed by atoms with van der Waals surface area (Å²) >= 11 is 0. The molecule has 6 nitrogen and oxygen atoms in total. The number of rotatable bonds is 3. The molecule has 1 saturated heterocycles. The number of imidazole rings is 1. The van der Waals surface area contributed by atoms with Crippen LogP contribution in [0.15, 0.2) is 24.3 Å². The summed E-state index contributed by atoms with van der Waals surface area (Å²) in [4.78, 5) is 17.3. The lowest BCUT2D eigenvalue weighted by Gasteiger charge is -2.20. The Bertz CT molecular complexity index is 740. The Hall–Kier alpha value is -1.92. The number of hydrazine groups is 1. The largest absolute Gasteiger partial charge is 0.345 e. The standard InChI is InChI=1S/C17H23N5O/c1-10(16-19-13-7-3-4-9-14(13)22(16)2)18-17(23)15-11-6-5-8-12(11)20-21-15/h3-4,7,9-12,15,20-21H,5-6,8H2,1-2H3,(H,18,23). The number of hydrogen-bond acceptors (Lipinski definition) is 4. The SMILES string of the molecule is CC(NC(=O)C1NNC2CCCC21)c1nc2ccccc2n1C. The van der Waals surface area contributed by atoms with Crippen molar-refractivity contribution >= 4 is 16.9 Å². The predicted octanol–water partition coefficient (Wildman–Crippen LogP) is 1.40. The Kier molecular flexibility index (Phi) is 3.58. The maximum Gasteiger partial charge on any atom is 0.239 e. The van der Waals surface area contributed by atoms with Gasteiger partial charge in [-0.05, 0) is 31.9 Å². The Labute approximate surface area is 135 Å². The van der Waals surface area contributed by atoms with E-state index in [2.05, 4.69) is 25.7 Å². The smallest absolute Gasteiger partial charge is 0.239 e. The van der Waals surface area contributed by atoms with Crippen LogP contribution in [0.3, 0.4) is 0 Å². The van der Waals surface area contributed by atoms with E-state index in [1.807, 2.05) is 38.2 Å². The molecule has 1 aliphatic heterocycles. The lowest BCUT2D eigenvalue weighted by molar-refractivity contribution is -0.124. The summed E-state index contributed by atoms with van der Waals surface area (Å²) in [7, 11) is 2.00. The number of carbonyl (C=O) groups is 1. The van der Waals surface area contributed by atoms with Crippen LogP contribution in [-0.4, -0.2) is 27.5 Å². The van der Waals surface area contributed by atoms with Gasteiger partial charge in [0.05, 0.1) is 17.1 Å². The molecule has 2 heterocycles. The second kappa shape index (κ2) is 5.62. The Morgan fingerprint density at radius 2 is 2.17 bits per heavy atom. The van der Waals surface area contributed by atoms with Crippen LogP contribution in [0.1, 0.15) is 38.1 Å². The number of carbonyl (C=O) groups excluding carboxylic acids is 1. The second-order valence-corrected chi connectivity index (χ2v) is 6.72. The van der Waals surface area contributed by atoms with Crippen molar-refractivity contribution in [2.24, 2.45) is 13.0 Å². The minimum absolute atomic E-state index is 0.0615. The number of nitrogens with zero attached hydrogens (tertiary/aromatic N) is 2. The van der Waals surface area contributed by atoms with E-state index in [9.17, 15) is 4.79 Å². The number of fused-ring (bicyclic) bond motifs is 2. The summed E-state index contributed by atoms with van der Waals surface area (Å²) in [6.07, 6.45) is 3.47. The Morgan fingerprint density at radius 3 is 3.00 bits per heavy atom. The molecule has 2 aromatic rings. The Balaban J connectivity index is 1.51. The highest BCUT2D eigenvalue weighted by atomic mass is 16.2. The van der Waals surface area contributed by atoms with E-state index in [-0.39, 0.29) is 18.0 Å². The maximum atomic E-state index is 12.6. The first-order valence-corrected chi connectivity index (χ1v) is 8.38. The molecule has 1 aliphatic carbocycles. The van der Waals surface area contributed by atoms with Gasteiger partial charge in [-0.15, -0.1) is 0 Å². The molecule has 4 atom stereocenters.